The maximum Gasteiger partial charge on any atom is 0.490 e. The number of nitrogens with one attached hydrogen (secondary N) is 1. The van der Waals surface area contributed by atoms with E-state index in [1.54, 1.807) is 23.8 Å². The van der Waals surface area contributed by atoms with Gasteiger partial charge in [0, 0.05) is 28.8 Å². The van der Waals surface area contributed by atoms with Crippen molar-refractivity contribution in [1.29, 1.82) is 0 Å². The first-order valence-corrected chi connectivity index (χ1v) is 10.8. The zero-order chi connectivity index (χ0) is 26.6. The van der Waals surface area contributed by atoms with Gasteiger partial charge < -0.3 is 14.4 Å². The number of carboxylic acids is 1. The summed E-state index contributed by atoms with van der Waals surface area (Å²) in [7, 11) is 0. The van der Waals surface area contributed by atoms with E-state index in [0.29, 0.717) is 18.0 Å². The third-order valence-corrected chi connectivity index (χ3v) is 5.63. The number of hydrogen-bond donors (Lipinski definition) is 2. The second-order valence-corrected chi connectivity index (χ2v) is 8.27. The number of aryl methyl sites for hydroxylation is 1. The van der Waals surface area contributed by atoms with E-state index in [0.717, 1.165) is 28.6 Å². The molecule has 0 aliphatic rings. The summed E-state index contributed by atoms with van der Waals surface area (Å²) in [5, 5.41) is 15.0. The lowest BCUT2D eigenvalue weighted by atomic mass is 10.1. The van der Waals surface area contributed by atoms with Gasteiger partial charge in [-0.3, -0.25) is 9.89 Å². The van der Waals surface area contributed by atoms with Gasteiger partial charge in [-0.25, -0.2) is 13.6 Å². The molecule has 0 radical (unpaired) electrons. The third kappa shape index (κ3) is 6.47. The monoisotopic (exact) mass is 573 g/mol. The smallest absolute Gasteiger partial charge is 0.487 e. The molecule has 0 saturated carbocycles. The number of benzene rings is 2. The summed E-state index contributed by atoms with van der Waals surface area (Å²) in [5.41, 5.74) is 2.52. The highest BCUT2D eigenvalue weighted by atomic mass is 79.9. The molecule has 0 saturated heterocycles. The second kappa shape index (κ2) is 10.9. The van der Waals surface area contributed by atoms with Crippen LogP contribution >= 0.6 is 15.9 Å². The molecular weight excluding hydrogens is 557 g/mol. The largest absolute Gasteiger partial charge is 0.490 e. The van der Waals surface area contributed by atoms with Crippen LogP contribution in [0.3, 0.4) is 0 Å². The molecule has 0 aliphatic heterocycles. The summed E-state index contributed by atoms with van der Waals surface area (Å²) in [5.74, 6) is -3.80. The second-order valence-electron chi connectivity index (χ2n) is 7.47. The number of nitrogens with zero attached hydrogens (tertiary/aromatic N) is 2. The Hall–Kier alpha value is -3.74. The zero-order valence-corrected chi connectivity index (χ0v) is 20.0. The van der Waals surface area contributed by atoms with E-state index in [4.69, 9.17) is 14.6 Å². The Labute approximate surface area is 208 Å². The fraction of sp³-hybridized carbons (Fsp3) is 0.174. The summed E-state index contributed by atoms with van der Waals surface area (Å²) in [6.45, 7) is 2.07. The molecule has 0 atom stereocenters. The van der Waals surface area contributed by atoms with E-state index < -0.39 is 23.8 Å². The zero-order valence-electron chi connectivity index (χ0n) is 18.4. The van der Waals surface area contributed by atoms with E-state index in [2.05, 4.69) is 26.1 Å². The predicted octanol–water partition coefficient (Wildman–Crippen LogP) is 5.33. The van der Waals surface area contributed by atoms with Gasteiger partial charge in [0.1, 0.15) is 28.5 Å². The Morgan fingerprint density at radius 2 is 1.86 bits per heavy atom. The summed E-state index contributed by atoms with van der Waals surface area (Å²) in [4.78, 5) is 21.7. The molecule has 0 amide bonds. The van der Waals surface area contributed by atoms with Crippen LogP contribution in [-0.4, -0.2) is 32.0 Å². The van der Waals surface area contributed by atoms with Crippen molar-refractivity contribution in [2.24, 2.45) is 0 Å². The minimum atomic E-state index is -5.08. The van der Waals surface area contributed by atoms with Gasteiger partial charge in [0.2, 0.25) is 0 Å². The first-order chi connectivity index (χ1) is 16.9. The van der Waals surface area contributed by atoms with Gasteiger partial charge in [-0.15, -0.1) is 0 Å². The van der Waals surface area contributed by atoms with Crippen molar-refractivity contribution < 1.29 is 36.6 Å². The van der Waals surface area contributed by atoms with Crippen LogP contribution in [0.25, 0.3) is 10.9 Å². The molecule has 13 heteroatoms. The Morgan fingerprint density at radius 3 is 2.50 bits per heavy atom. The highest BCUT2D eigenvalue weighted by Crippen LogP contribution is 2.25. The number of aliphatic carboxylic acids is 1. The van der Waals surface area contributed by atoms with Gasteiger partial charge >= 0.3 is 12.1 Å². The number of aromatic nitrogens is 3. The average Bonchev–Trinajstić information content (AvgIpc) is 3.27. The van der Waals surface area contributed by atoms with Crippen LogP contribution in [-0.2, 0) is 17.9 Å². The number of H-pyrrole nitrogens is 1. The molecule has 4 rings (SSSR count). The molecule has 2 heterocycles. The third-order valence-electron chi connectivity index (χ3n) is 4.90. The van der Waals surface area contributed by atoms with E-state index >= 15 is 0 Å². The van der Waals surface area contributed by atoms with Gasteiger partial charge in [-0.2, -0.15) is 18.3 Å². The molecule has 190 valence electrons. The minimum absolute atomic E-state index is 0.120. The van der Waals surface area contributed by atoms with Crippen molar-refractivity contribution in [2.45, 2.75) is 26.3 Å². The van der Waals surface area contributed by atoms with Crippen LogP contribution in [0.4, 0.5) is 22.0 Å². The first kappa shape index (κ1) is 26.9. The number of carbonyl (C=O) groups is 1. The summed E-state index contributed by atoms with van der Waals surface area (Å²) in [6.07, 6.45) is -3.35. The van der Waals surface area contributed by atoms with E-state index in [1.807, 2.05) is 18.2 Å². The Balaban J connectivity index is 0.000000454. The van der Waals surface area contributed by atoms with Gasteiger partial charge in [-0.05, 0) is 52.7 Å². The van der Waals surface area contributed by atoms with Crippen molar-refractivity contribution >= 4 is 32.8 Å². The van der Waals surface area contributed by atoms with Crippen molar-refractivity contribution in [1.82, 2.24) is 14.8 Å². The van der Waals surface area contributed by atoms with Crippen LogP contribution in [0.5, 0.6) is 5.75 Å². The van der Waals surface area contributed by atoms with Crippen molar-refractivity contribution in [2.75, 3.05) is 0 Å². The van der Waals surface area contributed by atoms with Crippen molar-refractivity contribution in [3.05, 3.63) is 91.9 Å². The highest BCUT2D eigenvalue weighted by Gasteiger charge is 2.38. The van der Waals surface area contributed by atoms with Crippen LogP contribution in [0, 0.1) is 18.6 Å². The standard InChI is InChI=1S/C21H16BrF2N3O2.C2HF3O2/c1-12-6-19(29-11-14-3-4-16(23)8-17(14)24)20(22)21(28)27(12)10-13-2-5-18-15(7-13)9-25-26-18;3-2(4,5)1(6)7/h2-9H,10-11H2,1H3,(H,25,26);(H,6,7). The lowest BCUT2D eigenvalue weighted by Crippen LogP contribution is -2.24. The molecule has 36 heavy (non-hydrogen) atoms. The maximum atomic E-state index is 13.8. The molecule has 4 aromatic rings. The Morgan fingerprint density at radius 1 is 1.17 bits per heavy atom. The molecule has 0 bridgehead atoms. The Kier molecular flexibility index (Phi) is 8.13. The van der Waals surface area contributed by atoms with Crippen LogP contribution < -0.4 is 10.3 Å². The van der Waals surface area contributed by atoms with Crippen LogP contribution in [0.1, 0.15) is 16.8 Å². The van der Waals surface area contributed by atoms with E-state index in [-0.39, 0.29) is 22.2 Å². The molecule has 0 fully saturated rings. The number of fused-ring (bicyclic) bond motifs is 1. The highest BCUT2D eigenvalue weighted by molar-refractivity contribution is 9.10. The maximum absolute atomic E-state index is 13.8. The number of halogens is 6. The minimum Gasteiger partial charge on any atom is -0.487 e. The van der Waals surface area contributed by atoms with Gasteiger partial charge in [0.05, 0.1) is 18.3 Å². The number of carboxylic acid groups (broad SMARTS) is 1. The lowest BCUT2D eigenvalue weighted by molar-refractivity contribution is -0.192. The molecule has 7 nitrogen and oxygen atoms in total. The van der Waals surface area contributed by atoms with Crippen molar-refractivity contribution in [3.8, 4) is 5.75 Å². The van der Waals surface area contributed by atoms with E-state index in [9.17, 15) is 26.7 Å². The van der Waals surface area contributed by atoms with Crippen LogP contribution in [0.15, 0.2) is 57.9 Å². The Bertz CT molecular complexity index is 1470. The number of hydrogen-bond acceptors (Lipinski definition) is 4. The van der Waals surface area contributed by atoms with Gasteiger partial charge in [0.25, 0.3) is 5.56 Å². The fourth-order valence-electron chi connectivity index (χ4n) is 3.08. The lowest BCUT2D eigenvalue weighted by Gasteiger charge is -2.15. The predicted molar refractivity (Wildman–Crippen MR) is 123 cm³/mol. The summed E-state index contributed by atoms with van der Waals surface area (Å²) in [6, 6.07) is 10.8. The topological polar surface area (TPSA) is 97.2 Å². The van der Waals surface area contributed by atoms with Gasteiger partial charge in [0.15, 0.2) is 0 Å². The molecule has 0 spiro atoms. The number of pyridine rings is 1. The molecular formula is C23H17BrF5N3O4. The van der Waals surface area contributed by atoms with Crippen LogP contribution in [0.2, 0.25) is 0 Å². The number of rotatable bonds is 5. The van der Waals surface area contributed by atoms with Crippen molar-refractivity contribution in [3.63, 3.8) is 0 Å². The molecule has 2 aromatic carbocycles. The summed E-state index contributed by atoms with van der Waals surface area (Å²) >= 11 is 3.29. The normalized spacial score (nSPS) is 11.2. The first-order valence-electron chi connectivity index (χ1n) is 10.1. The SMILES string of the molecule is Cc1cc(OCc2ccc(F)cc2F)c(Br)c(=O)n1Cc1ccc2[nH]ncc2c1.O=C(O)C(F)(F)F. The molecule has 0 unspecified atom stereocenters. The fourth-order valence-corrected chi connectivity index (χ4v) is 3.53. The van der Waals surface area contributed by atoms with Gasteiger partial charge in [-0.1, -0.05) is 6.07 Å². The average molecular weight is 574 g/mol. The quantitative estimate of drug-likeness (QED) is 0.314. The van der Waals surface area contributed by atoms with E-state index in [1.165, 1.54) is 6.07 Å². The molecule has 2 N–H and O–H groups in total. The molecule has 0 aliphatic carbocycles. The summed E-state index contributed by atoms with van der Waals surface area (Å²) < 4.78 is 66.1. The number of alkyl halides is 3. The number of ether oxygens (including phenoxy) is 1. The molecule has 2 aromatic heterocycles. The number of aromatic amines is 1.